The second-order valence-electron chi connectivity index (χ2n) is 1.91. The normalized spacial score (nSPS) is 9.36. The molecule has 0 bridgehead atoms. The summed E-state index contributed by atoms with van der Waals surface area (Å²) in [5.74, 6) is 0. The molecule has 0 spiro atoms. The maximum Gasteiger partial charge on any atom is 0.510 e. The van der Waals surface area contributed by atoms with Crippen molar-refractivity contribution in [3.05, 3.63) is 12.3 Å². The number of rotatable bonds is 5. The Morgan fingerprint density at radius 3 is 2.00 bits per heavy atom. The van der Waals surface area contributed by atoms with Crippen molar-refractivity contribution in [1.82, 2.24) is 0 Å². The molecule has 0 aromatic rings. The monoisotopic (exact) mass is 208 g/mol. The first-order valence-electron chi connectivity index (χ1n) is 3.99. The first-order valence-corrected chi connectivity index (χ1v) is 3.99. The molecule has 14 heavy (non-hydrogen) atoms. The summed E-state index contributed by atoms with van der Waals surface area (Å²) in [6.07, 6.45) is 1.31. The third-order valence-electron chi connectivity index (χ3n) is 0.776. The summed E-state index contributed by atoms with van der Waals surface area (Å²) in [5.41, 5.74) is 0. The SMILES string of the molecule is CC=COC(=O)O.OCCOCCO. The first-order chi connectivity index (χ1) is 6.68. The van der Waals surface area contributed by atoms with Crippen molar-refractivity contribution in [3.8, 4) is 0 Å². The number of carboxylic acid groups (broad SMARTS) is 1. The Kier molecular flexibility index (Phi) is 15.8. The van der Waals surface area contributed by atoms with E-state index in [1.807, 2.05) is 0 Å². The summed E-state index contributed by atoms with van der Waals surface area (Å²) in [6, 6.07) is 0. The molecule has 0 radical (unpaired) electrons. The Morgan fingerprint density at radius 1 is 1.29 bits per heavy atom. The van der Waals surface area contributed by atoms with Gasteiger partial charge in [0.05, 0.1) is 32.7 Å². The van der Waals surface area contributed by atoms with E-state index < -0.39 is 6.16 Å². The molecule has 0 saturated heterocycles. The van der Waals surface area contributed by atoms with Gasteiger partial charge in [0, 0.05) is 0 Å². The second-order valence-corrected chi connectivity index (χ2v) is 1.91. The van der Waals surface area contributed by atoms with Gasteiger partial charge >= 0.3 is 6.16 Å². The van der Waals surface area contributed by atoms with Crippen LogP contribution in [0.3, 0.4) is 0 Å². The molecule has 84 valence electrons. The van der Waals surface area contributed by atoms with Crippen LogP contribution in [0.1, 0.15) is 6.92 Å². The highest BCUT2D eigenvalue weighted by Crippen LogP contribution is 1.75. The van der Waals surface area contributed by atoms with Crippen LogP contribution in [0.2, 0.25) is 0 Å². The zero-order chi connectivity index (χ0) is 11.2. The summed E-state index contributed by atoms with van der Waals surface area (Å²) in [5, 5.41) is 23.9. The molecular formula is C8H16O6. The quantitative estimate of drug-likeness (QED) is 0.339. The van der Waals surface area contributed by atoms with Crippen LogP contribution >= 0.6 is 0 Å². The largest absolute Gasteiger partial charge is 0.510 e. The smallest absolute Gasteiger partial charge is 0.449 e. The Bertz CT molecular complexity index is 141. The Hall–Kier alpha value is -1.11. The third-order valence-corrected chi connectivity index (χ3v) is 0.776. The van der Waals surface area contributed by atoms with Crippen LogP contribution in [0, 0.1) is 0 Å². The van der Waals surface area contributed by atoms with E-state index in [2.05, 4.69) is 9.47 Å². The fraction of sp³-hybridized carbons (Fsp3) is 0.625. The summed E-state index contributed by atoms with van der Waals surface area (Å²) < 4.78 is 8.56. The van der Waals surface area contributed by atoms with E-state index in [4.69, 9.17) is 15.3 Å². The lowest BCUT2D eigenvalue weighted by Crippen LogP contribution is -2.03. The topological polar surface area (TPSA) is 96.2 Å². The van der Waals surface area contributed by atoms with Crippen LogP contribution in [0.4, 0.5) is 4.79 Å². The molecule has 6 nitrogen and oxygen atoms in total. The minimum absolute atomic E-state index is 0.0278. The van der Waals surface area contributed by atoms with Crippen LogP contribution in [-0.4, -0.2) is 47.9 Å². The fourth-order valence-corrected chi connectivity index (χ4v) is 0.357. The average molecular weight is 208 g/mol. The number of hydrogen-bond acceptors (Lipinski definition) is 5. The fourth-order valence-electron chi connectivity index (χ4n) is 0.357. The number of aliphatic hydroxyl groups is 2. The van der Waals surface area contributed by atoms with Crippen molar-refractivity contribution in [1.29, 1.82) is 0 Å². The summed E-state index contributed by atoms with van der Waals surface area (Å²) in [7, 11) is 0. The van der Waals surface area contributed by atoms with Gasteiger partial charge in [-0.1, -0.05) is 6.08 Å². The van der Waals surface area contributed by atoms with E-state index in [1.165, 1.54) is 6.08 Å². The van der Waals surface area contributed by atoms with E-state index >= 15 is 0 Å². The Balaban J connectivity index is 0. The van der Waals surface area contributed by atoms with Gasteiger partial charge in [0.2, 0.25) is 0 Å². The molecule has 0 rings (SSSR count). The van der Waals surface area contributed by atoms with Gasteiger partial charge in [-0.2, -0.15) is 0 Å². The predicted molar refractivity (Wildman–Crippen MR) is 48.9 cm³/mol. The molecule has 0 aliphatic rings. The van der Waals surface area contributed by atoms with Crippen molar-refractivity contribution in [2.24, 2.45) is 0 Å². The molecule has 0 aromatic carbocycles. The van der Waals surface area contributed by atoms with E-state index in [9.17, 15) is 4.79 Å². The van der Waals surface area contributed by atoms with Crippen molar-refractivity contribution in [2.75, 3.05) is 26.4 Å². The molecule has 0 aliphatic carbocycles. The van der Waals surface area contributed by atoms with Gasteiger partial charge in [0.25, 0.3) is 0 Å². The van der Waals surface area contributed by atoms with Crippen molar-refractivity contribution < 1.29 is 29.6 Å². The van der Waals surface area contributed by atoms with Gasteiger partial charge in [-0.05, 0) is 6.92 Å². The van der Waals surface area contributed by atoms with Gasteiger partial charge < -0.3 is 24.8 Å². The van der Waals surface area contributed by atoms with Crippen molar-refractivity contribution in [3.63, 3.8) is 0 Å². The lowest BCUT2D eigenvalue weighted by Gasteiger charge is -1.94. The lowest BCUT2D eigenvalue weighted by molar-refractivity contribution is 0.0650. The minimum Gasteiger partial charge on any atom is -0.449 e. The number of allylic oxidation sites excluding steroid dienone is 1. The highest BCUT2D eigenvalue weighted by Gasteiger charge is 1.85. The molecule has 0 aliphatic heterocycles. The maximum absolute atomic E-state index is 9.48. The standard InChI is InChI=1S/C4H10O3.C4H6O3/c5-1-3-7-4-2-6;1-2-3-7-4(5)6/h5-6H,1-4H2;2-3H,1H3,(H,5,6). The van der Waals surface area contributed by atoms with Gasteiger partial charge in [0.1, 0.15) is 0 Å². The van der Waals surface area contributed by atoms with Crippen LogP contribution in [0.5, 0.6) is 0 Å². The molecule has 0 saturated carbocycles. The number of aliphatic hydroxyl groups excluding tert-OH is 2. The molecule has 0 aromatic heterocycles. The molecule has 3 N–H and O–H groups in total. The molecule has 0 fully saturated rings. The summed E-state index contributed by atoms with van der Waals surface area (Å²) in [4.78, 5) is 9.48. The molecule has 0 unspecified atom stereocenters. The lowest BCUT2D eigenvalue weighted by atomic mass is 10.7. The van der Waals surface area contributed by atoms with Crippen LogP contribution in [-0.2, 0) is 9.47 Å². The van der Waals surface area contributed by atoms with Gasteiger partial charge in [-0.15, -0.1) is 0 Å². The number of ether oxygens (including phenoxy) is 2. The van der Waals surface area contributed by atoms with E-state index in [0.717, 1.165) is 6.26 Å². The zero-order valence-electron chi connectivity index (χ0n) is 8.05. The molecule has 0 amide bonds. The first kappa shape index (κ1) is 15.4. The summed E-state index contributed by atoms with van der Waals surface area (Å²) >= 11 is 0. The summed E-state index contributed by atoms with van der Waals surface area (Å²) in [6.45, 7) is 2.37. The highest BCUT2D eigenvalue weighted by molar-refractivity contribution is 5.57. The molecule has 0 atom stereocenters. The average Bonchev–Trinajstić information content (AvgIpc) is 2.16. The number of carbonyl (C=O) groups is 1. The number of hydrogen-bond donors (Lipinski definition) is 3. The Labute approximate surface area is 82.4 Å². The second kappa shape index (κ2) is 14.4. The van der Waals surface area contributed by atoms with E-state index in [-0.39, 0.29) is 13.2 Å². The van der Waals surface area contributed by atoms with Gasteiger partial charge in [-0.25, -0.2) is 4.79 Å². The molecule has 0 heterocycles. The van der Waals surface area contributed by atoms with Crippen LogP contribution in [0.25, 0.3) is 0 Å². The molecular weight excluding hydrogens is 192 g/mol. The van der Waals surface area contributed by atoms with Crippen molar-refractivity contribution >= 4 is 6.16 Å². The Morgan fingerprint density at radius 2 is 1.79 bits per heavy atom. The predicted octanol–water partition coefficient (Wildman–Crippen LogP) is 0.202. The van der Waals surface area contributed by atoms with E-state index in [0.29, 0.717) is 13.2 Å². The van der Waals surface area contributed by atoms with Gasteiger partial charge in [0.15, 0.2) is 0 Å². The van der Waals surface area contributed by atoms with Crippen LogP contribution in [0.15, 0.2) is 12.3 Å². The highest BCUT2D eigenvalue weighted by atomic mass is 16.7. The maximum atomic E-state index is 9.48. The van der Waals surface area contributed by atoms with E-state index in [1.54, 1.807) is 6.92 Å². The zero-order valence-corrected chi connectivity index (χ0v) is 8.05. The van der Waals surface area contributed by atoms with Gasteiger partial charge in [-0.3, -0.25) is 0 Å². The minimum atomic E-state index is -1.28. The van der Waals surface area contributed by atoms with Crippen LogP contribution < -0.4 is 0 Å². The van der Waals surface area contributed by atoms with Crippen molar-refractivity contribution in [2.45, 2.75) is 6.92 Å². The molecule has 6 heteroatoms. The third kappa shape index (κ3) is 22.4.